The molecule has 0 fully saturated rings. The van der Waals surface area contributed by atoms with Gasteiger partial charge in [-0.1, -0.05) is 0 Å². The van der Waals surface area contributed by atoms with Crippen molar-refractivity contribution in [2.45, 2.75) is 38.9 Å². The van der Waals surface area contributed by atoms with Gasteiger partial charge in [-0.25, -0.2) is 13.0 Å². The van der Waals surface area contributed by atoms with Gasteiger partial charge in [-0.2, -0.15) is 4.40 Å². The number of hydrogen-bond donors (Lipinski definition) is 0. The predicted molar refractivity (Wildman–Crippen MR) is 78.2 cm³/mol. The van der Waals surface area contributed by atoms with Crippen molar-refractivity contribution in [3.8, 4) is 0 Å². The zero-order chi connectivity index (χ0) is 16.4. The number of hydrogen-bond acceptors (Lipinski definition) is 3. The van der Waals surface area contributed by atoms with Gasteiger partial charge in [0.25, 0.3) is 12.1 Å². The Morgan fingerprint density at radius 1 is 1.33 bits per heavy atom. The van der Waals surface area contributed by atoms with Gasteiger partial charge in [0.2, 0.25) is 0 Å². The van der Waals surface area contributed by atoms with Gasteiger partial charge in [-0.15, -0.1) is 0 Å². The van der Waals surface area contributed by atoms with Crippen LogP contribution in [0.5, 0.6) is 0 Å². The summed E-state index contributed by atoms with van der Waals surface area (Å²) in [6.07, 6.45) is -2.83. The number of nitrogens with zero attached hydrogens (tertiary/aromatic N) is 2. The molecule has 0 aromatic heterocycles. The Morgan fingerprint density at radius 2 is 1.90 bits per heavy atom. The highest BCUT2D eigenvalue weighted by molar-refractivity contribution is 7.85. The summed E-state index contributed by atoms with van der Waals surface area (Å²) in [6, 6.07) is 3.09. The molecule has 0 aliphatic heterocycles. The fraction of sp³-hybridized carbons (Fsp3) is 0.462. The lowest BCUT2D eigenvalue weighted by atomic mass is 10.1. The lowest BCUT2D eigenvalue weighted by Gasteiger charge is -2.14. The van der Waals surface area contributed by atoms with Crippen molar-refractivity contribution in [2.24, 2.45) is 4.40 Å². The second kappa shape index (κ2) is 6.38. The van der Waals surface area contributed by atoms with Crippen LogP contribution < -0.4 is 0 Å². The summed E-state index contributed by atoms with van der Waals surface area (Å²) in [5, 5.41) is 10.8. The largest absolute Gasteiger partial charge is 0.270 e. The van der Waals surface area contributed by atoms with E-state index in [2.05, 4.69) is 4.40 Å². The second-order valence-electron chi connectivity index (χ2n) is 5.41. The molecule has 0 heterocycles. The Labute approximate surface area is 123 Å². The van der Waals surface area contributed by atoms with E-state index in [0.29, 0.717) is 0 Å². The van der Waals surface area contributed by atoms with Gasteiger partial charge in [-0.3, -0.25) is 10.1 Å². The van der Waals surface area contributed by atoms with Crippen molar-refractivity contribution in [1.82, 2.24) is 0 Å². The summed E-state index contributed by atoms with van der Waals surface area (Å²) in [4.78, 5) is 10.0. The molecule has 0 N–H and O–H groups in total. The third-order valence-corrected chi connectivity index (χ3v) is 4.05. The highest BCUT2D eigenvalue weighted by Gasteiger charge is 2.21. The minimum absolute atomic E-state index is 0.164. The molecule has 0 aliphatic rings. The first kappa shape index (κ1) is 17.4. The van der Waals surface area contributed by atoms with Gasteiger partial charge in [0.1, 0.15) is 11.0 Å². The van der Waals surface area contributed by atoms with Crippen LogP contribution in [-0.2, 0) is 11.0 Å². The van der Waals surface area contributed by atoms with Crippen molar-refractivity contribution in [2.75, 3.05) is 0 Å². The lowest BCUT2D eigenvalue weighted by Crippen LogP contribution is -2.20. The molecule has 0 spiro atoms. The number of nitro benzene ring substituents is 1. The third kappa shape index (κ3) is 4.66. The molecule has 1 aromatic carbocycles. The van der Waals surface area contributed by atoms with E-state index < -0.39 is 38.3 Å². The fourth-order valence-corrected chi connectivity index (χ4v) is 2.02. The first-order valence-corrected chi connectivity index (χ1v) is 7.18. The molecule has 0 aliphatic carbocycles. The molecule has 0 bridgehead atoms. The summed E-state index contributed by atoms with van der Waals surface area (Å²) < 4.78 is 40.8. The quantitative estimate of drug-likeness (QED) is 0.481. The van der Waals surface area contributed by atoms with E-state index >= 15 is 0 Å². The molecule has 8 heteroatoms. The number of alkyl halides is 2. The first-order chi connectivity index (χ1) is 9.52. The summed E-state index contributed by atoms with van der Waals surface area (Å²) in [7, 11) is -1.57. The summed E-state index contributed by atoms with van der Waals surface area (Å²) in [6.45, 7) is 6.64. The van der Waals surface area contributed by atoms with Crippen LogP contribution in [-0.4, -0.2) is 19.6 Å². The highest BCUT2D eigenvalue weighted by atomic mass is 32.2. The zero-order valence-electron chi connectivity index (χ0n) is 12.1. The van der Waals surface area contributed by atoms with Crippen LogP contribution in [0.25, 0.3) is 0 Å². The Bertz CT molecular complexity index is 610. The molecule has 116 valence electrons. The molecule has 21 heavy (non-hydrogen) atoms. The Hall–Kier alpha value is -1.70. The van der Waals surface area contributed by atoms with Gasteiger partial charge in [-0.05, 0) is 33.8 Å². The Balaban J connectivity index is 3.32. The maximum atomic E-state index is 12.8. The smallest absolute Gasteiger partial charge is 0.258 e. The molecule has 1 atom stereocenters. The van der Waals surface area contributed by atoms with Crippen molar-refractivity contribution >= 4 is 22.4 Å². The molecular formula is C13H16F2N2O3S. The normalized spacial score (nSPS) is 14.3. The molecule has 5 nitrogen and oxygen atoms in total. The first-order valence-electron chi connectivity index (χ1n) is 6.07. The summed E-state index contributed by atoms with van der Waals surface area (Å²) in [5.41, 5.74) is -0.528. The number of nitro groups is 1. The molecule has 0 saturated carbocycles. The zero-order valence-corrected chi connectivity index (χ0v) is 12.9. The van der Waals surface area contributed by atoms with Crippen LogP contribution in [0.3, 0.4) is 0 Å². The lowest BCUT2D eigenvalue weighted by molar-refractivity contribution is -0.385. The SMILES string of the molecule is C/C(=N/[S@](=O)C(C)(C)C)c1cc(C(F)F)cc([N+](=O)[O-])c1. The number of halogens is 2. The topological polar surface area (TPSA) is 72.6 Å². The predicted octanol–water partition coefficient (Wildman–Crippen LogP) is 3.80. The van der Waals surface area contributed by atoms with Crippen molar-refractivity contribution < 1.29 is 17.9 Å². The highest BCUT2D eigenvalue weighted by Crippen LogP contribution is 2.26. The Morgan fingerprint density at radius 3 is 2.33 bits per heavy atom. The third-order valence-electron chi connectivity index (χ3n) is 2.56. The molecular weight excluding hydrogens is 302 g/mol. The van der Waals surface area contributed by atoms with E-state index in [0.717, 1.165) is 18.2 Å². The average Bonchev–Trinajstić information content (AvgIpc) is 2.36. The maximum Gasteiger partial charge on any atom is 0.270 e. The van der Waals surface area contributed by atoms with Crippen LogP contribution >= 0.6 is 0 Å². The minimum atomic E-state index is -2.83. The number of rotatable bonds is 4. The minimum Gasteiger partial charge on any atom is -0.258 e. The fourth-order valence-electron chi connectivity index (χ4n) is 1.39. The Kier molecular flexibility index (Phi) is 5.27. The van der Waals surface area contributed by atoms with Gasteiger partial charge >= 0.3 is 0 Å². The van der Waals surface area contributed by atoms with E-state index in [1.54, 1.807) is 20.8 Å². The molecule has 0 amide bonds. The van der Waals surface area contributed by atoms with E-state index in [1.807, 2.05) is 0 Å². The van der Waals surface area contributed by atoms with E-state index in [1.165, 1.54) is 6.92 Å². The van der Waals surface area contributed by atoms with Gasteiger partial charge in [0.05, 0.1) is 15.4 Å². The molecule has 1 aromatic rings. The standard InChI is InChI=1S/C13H16F2N2O3S/c1-8(16-21(20)13(2,3)4)9-5-10(12(14)15)7-11(6-9)17(18)19/h5-7,12H,1-4H3/b16-8-/t21-/m1/s1. The van der Waals surface area contributed by atoms with Gasteiger partial charge < -0.3 is 0 Å². The second-order valence-corrected chi connectivity index (χ2v) is 7.31. The van der Waals surface area contributed by atoms with Gasteiger partial charge in [0.15, 0.2) is 0 Å². The summed E-state index contributed by atoms with van der Waals surface area (Å²) in [5.74, 6) is 0. The van der Waals surface area contributed by atoms with Crippen LogP contribution in [0.4, 0.5) is 14.5 Å². The van der Waals surface area contributed by atoms with Crippen LogP contribution in [0.15, 0.2) is 22.6 Å². The van der Waals surface area contributed by atoms with Crippen LogP contribution in [0, 0.1) is 10.1 Å². The van der Waals surface area contributed by atoms with Gasteiger partial charge in [0, 0.05) is 23.3 Å². The molecule has 0 unspecified atom stereocenters. The van der Waals surface area contributed by atoms with E-state index in [4.69, 9.17) is 0 Å². The number of benzene rings is 1. The molecule has 1 rings (SSSR count). The van der Waals surface area contributed by atoms with Crippen LogP contribution in [0.1, 0.15) is 45.2 Å². The maximum absolute atomic E-state index is 12.8. The number of non-ortho nitro benzene ring substituents is 1. The monoisotopic (exact) mass is 318 g/mol. The van der Waals surface area contributed by atoms with Crippen molar-refractivity contribution in [3.05, 3.63) is 39.4 Å². The van der Waals surface area contributed by atoms with Crippen molar-refractivity contribution in [1.29, 1.82) is 0 Å². The van der Waals surface area contributed by atoms with Crippen molar-refractivity contribution in [3.63, 3.8) is 0 Å². The molecule has 0 saturated heterocycles. The van der Waals surface area contributed by atoms with E-state index in [-0.39, 0.29) is 11.3 Å². The van der Waals surface area contributed by atoms with E-state index in [9.17, 15) is 23.1 Å². The van der Waals surface area contributed by atoms with Crippen LogP contribution in [0.2, 0.25) is 0 Å². The average molecular weight is 318 g/mol. The summed E-state index contributed by atoms with van der Waals surface area (Å²) >= 11 is 0. The molecule has 0 radical (unpaired) electrons.